The van der Waals surface area contributed by atoms with E-state index < -0.39 is 11.7 Å². The molecule has 1 amide bonds. The van der Waals surface area contributed by atoms with Gasteiger partial charge in [-0.05, 0) is 42.5 Å². The Morgan fingerprint density at radius 2 is 1.50 bits per heavy atom. The predicted molar refractivity (Wildman–Crippen MR) is 109 cm³/mol. The third-order valence-corrected chi connectivity index (χ3v) is 4.64. The summed E-state index contributed by atoms with van der Waals surface area (Å²) in [7, 11) is 0. The van der Waals surface area contributed by atoms with Gasteiger partial charge < -0.3 is 14.2 Å². The van der Waals surface area contributed by atoms with Crippen LogP contribution in [-0.2, 0) is 0 Å². The maximum Gasteiger partial charge on any atom is 0.255 e. The Kier molecular flexibility index (Phi) is 4.33. The fourth-order valence-corrected chi connectivity index (χ4v) is 3.15. The molecule has 0 fully saturated rings. The molecule has 0 radical (unpaired) electrons. The number of aromatic nitrogens is 2. The highest BCUT2D eigenvalue weighted by Gasteiger charge is 2.16. The van der Waals surface area contributed by atoms with E-state index in [2.05, 4.69) is 5.32 Å². The summed E-state index contributed by atoms with van der Waals surface area (Å²) in [4.78, 5) is 22.1. The molecular formula is C23H14FN3O3. The summed E-state index contributed by atoms with van der Waals surface area (Å²) in [5.74, 6) is -0.939. The van der Waals surface area contributed by atoms with E-state index in [4.69, 9.17) is 18.8 Å². The van der Waals surface area contributed by atoms with Crippen LogP contribution in [0.15, 0.2) is 88.5 Å². The number of furan rings is 2. The summed E-state index contributed by atoms with van der Waals surface area (Å²) in [6.45, 7) is 0. The minimum atomic E-state index is -0.501. The lowest BCUT2D eigenvalue weighted by molar-refractivity contribution is 0.102. The average molecular weight is 399 g/mol. The fourth-order valence-electron chi connectivity index (χ4n) is 3.15. The summed E-state index contributed by atoms with van der Waals surface area (Å²) in [6, 6.07) is 14.6. The molecule has 2 aromatic carbocycles. The van der Waals surface area contributed by atoms with E-state index in [-0.39, 0.29) is 5.69 Å². The topological polar surface area (TPSA) is 81.2 Å². The number of hydrogen-bond acceptors (Lipinski definition) is 5. The van der Waals surface area contributed by atoms with Crippen LogP contribution in [0.3, 0.4) is 0 Å². The number of amides is 1. The molecule has 0 unspecified atom stereocenters. The molecule has 0 atom stereocenters. The Morgan fingerprint density at radius 1 is 0.833 bits per heavy atom. The number of hydrogen-bond donors (Lipinski definition) is 1. The Hall–Kier alpha value is -4.26. The maximum atomic E-state index is 13.9. The van der Waals surface area contributed by atoms with E-state index in [9.17, 15) is 9.18 Å². The highest BCUT2D eigenvalue weighted by atomic mass is 19.1. The van der Waals surface area contributed by atoms with Gasteiger partial charge in [0.2, 0.25) is 0 Å². The molecule has 3 aromatic heterocycles. The van der Waals surface area contributed by atoms with Crippen LogP contribution in [0.4, 0.5) is 10.1 Å². The molecule has 0 bridgehead atoms. The zero-order valence-electron chi connectivity index (χ0n) is 15.5. The summed E-state index contributed by atoms with van der Waals surface area (Å²) in [5.41, 5.74) is 4.37. The lowest BCUT2D eigenvalue weighted by atomic mass is 10.1. The molecule has 146 valence electrons. The summed E-state index contributed by atoms with van der Waals surface area (Å²) in [5, 5.41) is 2.58. The van der Waals surface area contributed by atoms with Crippen molar-refractivity contribution in [1.82, 2.24) is 9.97 Å². The molecule has 0 aliphatic heterocycles. The number of halogens is 1. The molecule has 0 aliphatic carbocycles. The SMILES string of the molecule is O=C(Nc1ccccc1F)c1ccc2nc(-c3ccoc3)c(-c3ccoc3)nc2c1. The Labute approximate surface area is 170 Å². The fraction of sp³-hybridized carbons (Fsp3) is 0. The molecule has 0 saturated heterocycles. The molecule has 0 saturated carbocycles. The van der Waals surface area contributed by atoms with E-state index >= 15 is 0 Å². The first-order valence-electron chi connectivity index (χ1n) is 9.12. The largest absolute Gasteiger partial charge is 0.472 e. The Bertz CT molecular complexity index is 1350. The molecule has 6 nitrogen and oxygen atoms in total. The van der Waals surface area contributed by atoms with E-state index in [1.807, 2.05) is 0 Å². The van der Waals surface area contributed by atoms with Crippen molar-refractivity contribution in [1.29, 1.82) is 0 Å². The van der Waals surface area contributed by atoms with Crippen molar-refractivity contribution in [2.75, 3.05) is 5.32 Å². The molecule has 0 aliphatic rings. The van der Waals surface area contributed by atoms with Gasteiger partial charge in [-0.15, -0.1) is 0 Å². The molecule has 1 N–H and O–H groups in total. The summed E-state index contributed by atoms with van der Waals surface area (Å²) >= 11 is 0. The van der Waals surface area contributed by atoms with Crippen LogP contribution in [0, 0.1) is 5.82 Å². The minimum absolute atomic E-state index is 0.114. The van der Waals surface area contributed by atoms with Gasteiger partial charge in [-0.3, -0.25) is 4.79 Å². The Balaban J connectivity index is 1.58. The van der Waals surface area contributed by atoms with Crippen LogP contribution < -0.4 is 5.32 Å². The standard InChI is InChI=1S/C23H14FN3O3/c24-17-3-1-2-4-18(17)27-23(28)14-5-6-19-20(11-14)26-22(16-8-10-30-13-16)21(25-19)15-7-9-29-12-15/h1-13H,(H,27,28). The first kappa shape index (κ1) is 17.8. The smallest absolute Gasteiger partial charge is 0.255 e. The maximum absolute atomic E-state index is 13.9. The van der Waals surface area contributed by atoms with Gasteiger partial charge in [0.25, 0.3) is 5.91 Å². The van der Waals surface area contributed by atoms with Crippen molar-refractivity contribution in [2.45, 2.75) is 0 Å². The number of anilines is 1. The molecular weight excluding hydrogens is 385 g/mol. The number of nitrogens with zero attached hydrogens (tertiary/aromatic N) is 2. The first-order chi connectivity index (χ1) is 14.7. The van der Waals surface area contributed by atoms with E-state index in [1.54, 1.807) is 67.5 Å². The molecule has 5 aromatic rings. The quantitative estimate of drug-likeness (QED) is 0.429. The van der Waals surface area contributed by atoms with Crippen molar-refractivity contribution >= 4 is 22.6 Å². The highest BCUT2D eigenvalue weighted by molar-refractivity contribution is 6.06. The number of benzene rings is 2. The number of rotatable bonds is 4. The third-order valence-electron chi connectivity index (χ3n) is 4.64. The predicted octanol–water partition coefficient (Wildman–Crippen LogP) is 5.54. The van der Waals surface area contributed by atoms with Crippen LogP contribution >= 0.6 is 0 Å². The monoisotopic (exact) mass is 399 g/mol. The number of carbonyl (C=O) groups is 1. The van der Waals surface area contributed by atoms with E-state index in [1.165, 1.54) is 12.1 Å². The van der Waals surface area contributed by atoms with Crippen LogP contribution in [0.2, 0.25) is 0 Å². The second-order valence-corrected chi connectivity index (χ2v) is 6.58. The van der Waals surface area contributed by atoms with Gasteiger partial charge in [0.15, 0.2) is 0 Å². The summed E-state index contributed by atoms with van der Waals surface area (Å²) < 4.78 is 24.3. The van der Waals surface area contributed by atoms with Crippen molar-refractivity contribution in [2.24, 2.45) is 0 Å². The van der Waals surface area contributed by atoms with Crippen molar-refractivity contribution in [3.8, 4) is 22.5 Å². The average Bonchev–Trinajstić information content (AvgIpc) is 3.48. The zero-order valence-corrected chi connectivity index (χ0v) is 15.5. The van der Waals surface area contributed by atoms with Crippen molar-refractivity contribution < 1.29 is 18.0 Å². The van der Waals surface area contributed by atoms with Gasteiger partial charge in [-0.2, -0.15) is 0 Å². The van der Waals surface area contributed by atoms with Gasteiger partial charge in [0.05, 0.1) is 41.8 Å². The van der Waals surface area contributed by atoms with Gasteiger partial charge in [0, 0.05) is 16.7 Å². The van der Waals surface area contributed by atoms with Gasteiger partial charge in [-0.1, -0.05) is 12.1 Å². The van der Waals surface area contributed by atoms with Crippen LogP contribution in [0.5, 0.6) is 0 Å². The minimum Gasteiger partial charge on any atom is -0.472 e. The molecule has 3 heterocycles. The van der Waals surface area contributed by atoms with Crippen LogP contribution in [0.25, 0.3) is 33.5 Å². The van der Waals surface area contributed by atoms with Gasteiger partial charge in [0.1, 0.15) is 17.2 Å². The lowest BCUT2D eigenvalue weighted by Crippen LogP contribution is -2.13. The number of para-hydroxylation sites is 1. The van der Waals surface area contributed by atoms with Crippen molar-refractivity contribution in [3.63, 3.8) is 0 Å². The number of carbonyl (C=O) groups excluding carboxylic acids is 1. The normalized spacial score (nSPS) is 11.0. The lowest BCUT2D eigenvalue weighted by Gasteiger charge is -2.09. The first-order valence-corrected chi connectivity index (χ1v) is 9.12. The second kappa shape index (κ2) is 7.29. The van der Waals surface area contributed by atoms with Crippen LogP contribution in [0.1, 0.15) is 10.4 Å². The van der Waals surface area contributed by atoms with Gasteiger partial charge >= 0.3 is 0 Å². The van der Waals surface area contributed by atoms with Gasteiger partial charge in [-0.25, -0.2) is 14.4 Å². The zero-order chi connectivity index (χ0) is 20.5. The molecule has 7 heteroatoms. The molecule has 5 rings (SSSR count). The van der Waals surface area contributed by atoms with E-state index in [0.29, 0.717) is 28.0 Å². The molecule has 0 spiro atoms. The number of nitrogens with one attached hydrogen (secondary N) is 1. The van der Waals surface area contributed by atoms with Crippen molar-refractivity contribution in [3.05, 3.63) is 91.0 Å². The number of fused-ring (bicyclic) bond motifs is 1. The van der Waals surface area contributed by atoms with E-state index in [0.717, 1.165) is 11.1 Å². The highest BCUT2D eigenvalue weighted by Crippen LogP contribution is 2.31. The Morgan fingerprint density at radius 3 is 2.13 bits per heavy atom. The second-order valence-electron chi connectivity index (χ2n) is 6.58. The van der Waals surface area contributed by atoms with Crippen LogP contribution in [-0.4, -0.2) is 15.9 Å². The third kappa shape index (κ3) is 3.22. The summed E-state index contributed by atoms with van der Waals surface area (Å²) in [6.07, 6.45) is 6.29. The molecule has 30 heavy (non-hydrogen) atoms.